The number of hydrogen-bond donors (Lipinski definition) is 0. The van der Waals surface area contributed by atoms with E-state index in [4.69, 9.17) is 25.5 Å². The standard InChI is InChI=1S/C24H16ClNO6/c1-30-18-3-2-4-19(14-18)31-17-8-5-15(6-9-17)24(27)23-12-11-22(32-23)16-7-10-20(25)21(13-16)26(28)29/h2-14H,1H3. The Morgan fingerprint density at radius 1 is 0.938 bits per heavy atom. The van der Waals surface area contributed by atoms with Crippen molar-refractivity contribution in [2.24, 2.45) is 0 Å². The molecule has 0 amide bonds. The average molecular weight is 450 g/mol. The van der Waals surface area contributed by atoms with Gasteiger partial charge in [-0.05, 0) is 60.7 Å². The maximum atomic E-state index is 12.8. The van der Waals surface area contributed by atoms with Gasteiger partial charge in [-0.25, -0.2) is 0 Å². The zero-order valence-electron chi connectivity index (χ0n) is 16.8. The molecular formula is C24H16ClNO6. The number of ether oxygens (including phenoxy) is 2. The van der Waals surface area contributed by atoms with E-state index in [-0.39, 0.29) is 22.3 Å². The van der Waals surface area contributed by atoms with Crippen LogP contribution in [0.2, 0.25) is 5.02 Å². The lowest BCUT2D eigenvalue weighted by atomic mass is 10.1. The second kappa shape index (κ2) is 8.95. The number of nitrogens with zero attached hydrogens (tertiary/aromatic N) is 1. The van der Waals surface area contributed by atoms with Gasteiger partial charge >= 0.3 is 0 Å². The summed E-state index contributed by atoms with van der Waals surface area (Å²) in [7, 11) is 1.58. The molecule has 0 fully saturated rings. The fourth-order valence-electron chi connectivity index (χ4n) is 3.04. The topological polar surface area (TPSA) is 91.8 Å². The van der Waals surface area contributed by atoms with Gasteiger partial charge in [-0.15, -0.1) is 0 Å². The molecule has 4 rings (SSSR count). The number of nitro benzene ring substituents is 1. The molecule has 0 N–H and O–H groups in total. The summed E-state index contributed by atoms with van der Waals surface area (Å²) < 4.78 is 16.6. The molecule has 0 atom stereocenters. The SMILES string of the molecule is COc1cccc(Oc2ccc(C(=O)c3ccc(-c4ccc(Cl)c([N+](=O)[O-])c4)o3)cc2)c1. The summed E-state index contributed by atoms with van der Waals surface area (Å²) in [6.45, 7) is 0. The monoisotopic (exact) mass is 449 g/mol. The van der Waals surface area contributed by atoms with E-state index in [0.29, 0.717) is 34.1 Å². The van der Waals surface area contributed by atoms with Crippen LogP contribution in [-0.2, 0) is 0 Å². The van der Waals surface area contributed by atoms with Gasteiger partial charge in [-0.2, -0.15) is 0 Å². The zero-order valence-corrected chi connectivity index (χ0v) is 17.5. The van der Waals surface area contributed by atoms with E-state index in [1.54, 1.807) is 55.6 Å². The number of benzene rings is 3. The third-order valence-corrected chi connectivity index (χ3v) is 4.97. The van der Waals surface area contributed by atoms with Crippen molar-refractivity contribution >= 4 is 23.1 Å². The Morgan fingerprint density at radius 2 is 1.69 bits per heavy atom. The molecule has 160 valence electrons. The van der Waals surface area contributed by atoms with Crippen molar-refractivity contribution in [2.45, 2.75) is 0 Å². The van der Waals surface area contributed by atoms with Crippen molar-refractivity contribution < 1.29 is 23.6 Å². The third-order valence-electron chi connectivity index (χ3n) is 4.65. The number of furan rings is 1. The molecule has 0 aliphatic carbocycles. The Kier molecular flexibility index (Phi) is 5.91. The molecular weight excluding hydrogens is 434 g/mol. The van der Waals surface area contributed by atoms with E-state index in [1.165, 1.54) is 18.2 Å². The van der Waals surface area contributed by atoms with Crippen LogP contribution in [0.5, 0.6) is 17.2 Å². The molecule has 8 heteroatoms. The third kappa shape index (κ3) is 4.48. The van der Waals surface area contributed by atoms with Crippen LogP contribution in [-0.4, -0.2) is 17.8 Å². The molecule has 0 unspecified atom stereocenters. The number of ketones is 1. The number of rotatable bonds is 7. The summed E-state index contributed by atoms with van der Waals surface area (Å²) in [5.74, 6) is 1.95. The smallest absolute Gasteiger partial charge is 0.288 e. The first kappa shape index (κ1) is 21.1. The van der Waals surface area contributed by atoms with Gasteiger partial charge in [0.15, 0.2) is 5.76 Å². The van der Waals surface area contributed by atoms with E-state index >= 15 is 0 Å². The minimum absolute atomic E-state index is 0.0258. The van der Waals surface area contributed by atoms with Crippen molar-refractivity contribution in [1.82, 2.24) is 0 Å². The number of methoxy groups -OCH3 is 1. The van der Waals surface area contributed by atoms with Crippen molar-refractivity contribution in [3.63, 3.8) is 0 Å². The zero-order chi connectivity index (χ0) is 22.7. The minimum atomic E-state index is -0.573. The van der Waals surface area contributed by atoms with Crippen molar-refractivity contribution in [3.05, 3.63) is 105 Å². The van der Waals surface area contributed by atoms with E-state index in [2.05, 4.69) is 0 Å². The highest BCUT2D eigenvalue weighted by molar-refractivity contribution is 6.32. The Morgan fingerprint density at radius 3 is 2.41 bits per heavy atom. The first-order valence-corrected chi connectivity index (χ1v) is 9.83. The van der Waals surface area contributed by atoms with Gasteiger partial charge in [0.1, 0.15) is 28.0 Å². The lowest BCUT2D eigenvalue weighted by molar-refractivity contribution is -0.384. The highest BCUT2D eigenvalue weighted by atomic mass is 35.5. The molecule has 1 aromatic heterocycles. The number of carbonyl (C=O) groups excluding carboxylic acids is 1. The highest BCUT2D eigenvalue weighted by Crippen LogP contribution is 2.32. The van der Waals surface area contributed by atoms with E-state index < -0.39 is 4.92 Å². The Balaban J connectivity index is 1.51. The molecule has 4 aromatic rings. The summed E-state index contributed by atoms with van der Waals surface area (Å²) in [5, 5.41) is 11.1. The Bertz CT molecular complexity index is 1300. The Labute approximate surface area is 187 Å². The predicted octanol–water partition coefficient (Wildman–Crippen LogP) is 6.54. The van der Waals surface area contributed by atoms with Crippen molar-refractivity contribution in [1.29, 1.82) is 0 Å². The van der Waals surface area contributed by atoms with Crippen LogP contribution in [0.1, 0.15) is 16.1 Å². The van der Waals surface area contributed by atoms with Gasteiger partial charge in [-0.3, -0.25) is 14.9 Å². The summed E-state index contributed by atoms with van der Waals surface area (Å²) in [5.41, 5.74) is 0.619. The van der Waals surface area contributed by atoms with Crippen LogP contribution in [0.3, 0.4) is 0 Å². The van der Waals surface area contributed by atoms with Crippen LogP contribution in [0, 0.1) is 10.1 Å². The molecule has 1 heterocycles. The van der Waals surface area contributed by atoms with Crippen LogP contribution in [0.25, 0.3) is 11.3 Å². The molecule has 3 aromatic carbocycles. The van der Waals surface area contributed by atoms with Gasteiger partial charge in [0.05, 0.1) is 12.0 Å². The molecule has 0 aliphatic heterocycles. The largest absolute Gasteiger partial charge is 0.497 e. The lowest BCUT2D eigenvalue weighted by Crippen LogP contribution is -1.99. The van der Waals surface area contributed by atoms with Gasteiger partial charge in [-0.1, -0.05) is 17.7 Å². The van der Waals surface area contributed by atoms with Gasteiger partial charge in [0.2, 0.25) is 5.78 Å². The lowest BCUT2D eigenvalue weighted by Gasteiger charge is -2.07. The average Bonchev–Trinajstić information content (AvgIpc) is 3.29. The minimum Gasteiger partial charge on any atom is -0.497 e. The first-order chi connectivity index (χ1) is 15.4. The summed E-state index contributed by atoms with van der Waals surface area (Å²) in [6, 6.07) is 21.2. The van der Waals surface area contributed by atoms with Gasteiger partial charge < -0.3 is 13.9 Å². The summed E-state index contributed by atoms with van der Waals surface area (Å²) in [4.78, 5) is 23.3. The molecule has 0 saturated carbocycles. The fraction of sp³-hybridized carbons (Fsp3) is 0.0417. The van der Waals surface area contributed by atoms with Crippen molar-refractivity contribution in [3.8, 4) is 28.6 Å². The fourth-order valence-corrected chi connectivity index (χ4v) is 3.22. The molecule has 0 aliphatic rings. The molecule has 0 saturated heterocycles. The maximum absolute atomic E-state index is 12.8. The number of nitro groups is 1. The van der Waals surface area contributed by atoms with E-state index in [9.17, 15) is 14.9 Å². The van der Waals surface area contributed by atoms with Crippen LogP contribution in [0.4, 0.5) is 5.69 Å². The quantitative estimate of drug-likeness (QED) is 0.181. The first-order valence-electron chi connectivity index (χ1n) is 9.45. The number of hydrogen-bond acceptors (Lipinski definition) is 6. The molecule has 32 heavy (non-hydrogen) atoms. The van der Waals surface area contributed by atoms with E-state index in [0.717, 1.165) is 0 Å². The number of halogens is 1. The molecule has 0 spiro atoms. The van der Waals surface area contributed by atoms with Crippen LogP contribution >= 0.6 is 11.6 Å². The normalized spacial score (nSPS) is 10.6. The second-order valence-corrected chi connectivity index (χ2v) is 7.13. The number of carbonyl (C=O) groups is 1. The Hall–Kier alpha value is -4.10. The van der Waals surface area contributed by atoms with Crippen LogP contribution < -0.4 is 9.47 Å². The van der Waals surface area contributed by atoms with Gasteiger partial charge in [0, 0.05) is 23.3 Å². The maximum Gasteiger partial charge on any atom is 0.288 e. The van der Waals surface area contributed by atoms with Crippen LogP contribution in [0.15, 0.2) is 83.3 Å². The molecule has 0 bridgehead atoms. The second-order valence-electron chi connectivity index (χ2n) is 6.72. The molecule has 7 nitrogen and oxygen atoms in total. The summed E-state index contributed by atoms with van der Waals surface area (Å²) >= 11 is 5.85. The van der Waals surface area contributed by atoms with Gasteiger partial charge in [0.25, 0.3) is 5.69 Å². The van der Waals surface area contributed by atoms with E-state index in [1.807, 2.05) is 12.1 Å². The molecule has 0 radical (unpaired) electrons. The summed E-state index contributed by atoms with van der Waals surface area (Å²) in [6.07, 6.45) is 0. The van der Waals surface area contributed by atoms with Crippen molar-refractivity contribution in [2.75, 3.05) is 7.11 Å². The highest BCUT2D eigenvalue weighted by Gasteiger charge is 2.18. The predicted molar refractivity (Wildman–Crippen MR) is 119 cm³/mol.